The number of rotatable bonds is 3. The van der Waals surface area contributed by atoms with Crippen LogP contribution in [0.1, 0.15) is 30.3 Å². The van der Waals surface area contributed by atoms with Gasteiger partial charge < -0.3 is 9.88 Å². The number of hydrogen-bond donors (Lipinski definition) is 1. The van der Waals surface area contributed by atoms with Crippen molar-refractivity contribution in [2.45, 2.75) is 25.7 Å². The summed E-state index contributed by atoms with van der Waals surface area (Å²) in [4.78, 5) is 13.3. The molecule has 24 heavy (non-hydrogen) atoms. The molecule has 7 heteroatoms. The van der Waals surface area contributed by atoms with Gasteiger partial charge in [0.1, 0.15) is 18.0 Å². The summed E-state index contributed by atoms with van der Waals surface area (Å²) < 4.78 is 3.91. The van der Waals surface area contributed by atoms with Crippen LogP contribution in [0.2, 0.25) is 0 Å². The minimum atomic E-state index is 0.590. The van der Waals surface area contributed by atoms with Crippen molar-refractivity contribution < 1.29 is 0 Å². The van der Waals surface area contributed by atoms with Gasteiger partial charge in [-0.1, -0.05) is 0 Å². The zero-order chi connectivity index (χ0) is 16.3. The highest BCUT2D eigenvalue weighted by Gasteiger charge is 2.28. The Bertz CT molecular complexity index is 1070. The first kappa shape index (κ1) is 13.5. The second-order valence-electron chi connectivity index (χ2n) is 6.39. The Kier molecular flexibility index (Phi) is 2.68. The third-order valence-corrected chi connectivity index (χ3v) is 4.51. The van der Waals surface area contributed by atoms with Crippen molar-refractivity contribution in [1.29, 1.82) is 0 Å². The van der Waals surface area contributed by atoms with Gasteiger partial charge >= 0.3 is 0 Å². The zero-order valence-electron chi connectivity index (χ0n) is 13.6. The van der Waals surface area contributed by atoms with E-state index in [1.807, 2.05) is 13.0 Å². The molecule has 1 fully saturated rings. The van der Waals surface area contributed by atoms with Gasteiger partial charge in [0.2, 0.25) is 0 Å². The van der Waals surface area contributed by atoms with Crippen molar-refractivity contribution >= 4 is 28.3 Å². The number of aromatic nitrogens is 6. The Morgan fingerprint density at radius 1 is 1.17 bits per heavy atom. The number of anilines is 2. The number of imidazole rings is 1. The zero-order valence-corrected chi connectivity index (χ0v) is 13.6. The number of nitrogens with one attached hydrogen (secondary N) is 1. The molecule has 0 amide bonds. The van der Waals surface area contributed by atoms with E-state index in [9.17, 15) is 0 Å². The van der Waals surface area contributed by atoms with Crippen molar-refractivity contribution in [2.75, 3.05) is 5.32 Å². The maximum absolute atomic E-state index is 4.82. The Morgan fingerprint density at radius 3 is 2.88 bits per heavy atom. The van der Waals surface area contributed by atoms with Gasteiger partial charge in [0.25, 0.3) is 5.78 Å². The number of hydrogen-bond acceptors (Lipinski definition) is 5. The molecular formula is C17H17N7. The molecule has 0 unspecified atom stereocenters. The van der Waals surface area contributed by atoms with E-state index in [1.165, 1.54) is 30.5 Å². The summed E-state index contributed by atoms with van der Waals surface area (Å²) in [5, 5.41) is 7.64. The highest BCUT2D eigenvalue weighted by molar-refractivity contribution is 5.81. The van der Waals surface area contributed by atoms with Crippen molar-refractivity contribution in [1.82, 2.24) is 29.1 Å². The van der Waals surface area contributed by atoms with Crippen LogP contribution in [0.4, 0.5) is 11.5 Å². The SMILES string of the molecule is Cc1cc(Nc2ccc3c(c2)nc(C2CC2)n3C)n2ncnc2n1. The van der Waals surface area contributed by atoms with Crippen LogP contribution in [0.25, 0.3) is 16.8 Å². The van der Waals surface area contributed by atoms with E-state index in [2.05, 4.69) is 50.2 Å². The standard InChI is InChI=1S/C17H17N7/c1-10-7-15(24-17(20-10)18-9-19-24)21-12-5-6-14-13(8-12)22-16(23(14)2)11-3-4-11/h5-9,11,21H,3-4H2,1-2H3. The molecule has 3 aromatic heterocycles. The van der Waals surface area contributed by atoms with E-state index >= 15 is 0 Å². The molecule has 0 spiro atoms. The third kappa shape index (κ3) is 2.05. The van der Waals surface area contributed by atoms with Gasteiger partial charge in [0, 0.05) is 30.4 Å². The molecule has 1 saturated carbocycles. The summed E-state index contributed by atoms with van der Waals surface area (Å²) in [5.41, 5.74) is 4.06. The van der Waals surface area contributed by atoms with Gasteiger partial charge in [-0.25, -0.2) is 9.97 Å². The fourth-order valence-corrected chi connectivity index (χ4v) is 3.17. The first-order valence-corrected chi connectivity index (χ1v) is 8.10. The molecule has 1 N–H and O–H groups in total. The second kappa shape index (κ2) is 4.77. The molecular weight excluding hydrogens is 302 g/mol. The second-order valence-corrected chi connectivity index (χ2v) is 6.39. The van der Waals surface area contributed by atoms with E-state index in [4.69, 9.17) is 4.98 Å². The summed E-state index contributed by atoms with van der Waals surface area (Å²) in [7, 11) is 2.10. The normalized spacial score (nSPS) is 14.6. The lowest BCUT2D eigenvalue weighted by Crippen LogP contribution is -2.02. The molecule has 4 aromatic rings. The molecule has 0 radical (unpaired) electrons. The summed E-state index contributed by atoms with van der Waals surface area (Å²) in [5.74, 6) is 3.26. The van der Waals surface area contributed by atoms with Crippen LogP contribution in [0.3, 0.4) is 0 Å². The monoisotopic (exact) mass is 319 g/mol. The molecule has 0 atom stereocenters. The molecule has 1 aliphatic carbocycles. The first-order chi connectivity index (χ1) is 11.7. The lowest BCUT2D eigenvalue weighted by atomic mass is 10.2. The van der Waals surface area contributed by atoms with Crippen LogP contribution in [-0.4, -0.2) is 29.1 Å². The highest BCUT2D eigenvalue weighted by atomic mass is 15.3. The number of benzene rings is 1. The van der Waals surface area contributed by atoms with E-state index in [1.54, 1.807) is 4.52 Å². The van der Waals surface area contributed by atoms with Crippen molar-refractivity contribution in [3.8, 4) is 0 Å². The van der Waals surface area contributed by atoms with Gasteiger partial charge in [0.15, 0.2) is 0 Å². The topological polar surface area (TPSA) is 72.9 Å². The highest BCUT2D eigenvalue weighted by Crippen LogP contribution is 2.40. The van der Waals surface area contributed by atoms with Crippen LogP contribution >= 0.6 is 0 Å². The van der Waals surface area contributed by atoms with Crippen LogP contribution < -0.4 is 5.32 Å². The minimum Gasteiger partial charge on any atom is -0.340 e. The lowest BCUT2D eigenvalue weighted by molar-refractivity contribution is 0.820. The van der Waals surface area contributed by atoms with Crippen molar-refractivity contribution in [2.24, 2.45) is 7.05 Å². The smallest absolute Gasteiger partial charge is 0.254 e. The minimum absolute atomic E-state index is 0.590. The van der Waals surface area contributed by atoms with Crippen LogP contribution in [0.5, 0.6) is 0 Å². The summed E-state index contributed by atoms with van der Waals surface area (Å²) in [6, 6.07) is 8.22. The summed E-state index contributed by atoms with van der Waals surface area (Å²) >= 11 is 0. The molecule has 0 bridgehead atoms. The van der Waals surface area contributed by atoms with Gasteiger partial charge in [-0.2, -0.15) is 14.6 Å². The van der Waals surface area contributed by atoms with Crippen LogP contribution in [0, 0.1) is 6.92 Å². The van der Waals surface area contributed by atoms with Gasteiger partial charge in [-0.15, -0.1) is 0 Å². The number of aryl methyl sites for hydroxylation is 2. The largest absolute Gasteiger partial charge is 0.340 e. The maximum atomic E-state index is 4.82. The summed E-state index contributed by atoms with van der Waals surface area (Å²) in [6.07, 6.45) is 4.02. The van der Waals surface area contributed by atoms with Gasteiger partial charge in [0.05, 0.1) is 11.0 Å². The predicted octanol–water partition coefficient (Wildman–Crippen LogP) is 2.94. The fraction of sp³-hybridized carbons (Fsp3) is 0.294. The molecule has 0 aliphatic heterocycles. The van der Waals surface area contributed by atoms with E-state index in [0.29, 0.717) is 11.7 Å². The van der Waals surface area contributed by atoms with Gasteiger partial charge in [-0.3, -0.25) is 0 Å². The Hall–Kier alpha value is -2.96. The summed E-state index contributed by atoms with van der Waals surface area (Å²) in [6.45, 7) is 1.95. The molecule has 5 rings (SSSR count). The Labute approximate surface area is 138 Å². The lowest BCUT2D eigenvalue weighted by Gasteiger charge is -2.08. The molecule has 120 valence electrons. The molecule has 0 saturated heterocycles. The Morgan fingerprint density at radius 2 is 2.04 bits per heavy atom. The van der Waals surface area contributed by atoms with Crippen LogP contribution in [-0.2, 0) is 7.05 Å². The molecule has 7 nitrogen and oxygen atoms in total. The van der Waals surface area contributed by atoms with E-state index in [0.717, 1.165) is 22.7 Å². The average Bonchev–Trinajstić information content (AvgIpc) is 3.20. The number of fused-ring (bicyclic) bond motifs is 2. The van der Waals surface area contributed by atoms with Gasteiger partial charge in [-0.05, 0) is 38.0 Å². The van der Waals surface area contributed by atoms with Crippen molar-refractivity contribution in [3.05, 3.63) is 42.1 Å². The quantitative estimate of drug-likeness (QED) is 0.628. The molecule has 1 aliphatic rings. The predicted molar refractivity (Wildman–Crippen MR) is 91.5 cm³/mol. The van der Waals surface area contributed by atoms with E-state index < -0.39 is 0 Å². The number of nitrogens with zero attached hydrogens (tertiary/aromatic N) is 6. The molecule has 3 heterocycles. The van der Waals surface area contributed by atoms with Crippen LogP contribution in [0.15, 0.2) is 30.6 Å². The Balaban J connectivity index is 1.57. The molecule has 1 aromatic carbocycles. The first-order valence-electron chi connectivity index (χ1n) is 8.10. The average molecular weight is 319 g/mol. The van der Waals surface area contributed by atoms with E-state index in [-0.39, 0.29) is 0 Å². The van der Waals surface area contributed by atoms with Crippen molar-refractivity contribution in [3.63, 3.8) is 0 Å². The fourth-order valence-electron chi connectivity index (χ4n) is 3.17. The maximum Gasteiger partial charge on any atom is 0.254 e. The third-order valence-electron chi connectivity index (χ3n) is 4.51.